The molecule has 0 spiro atoms. The van der Waals surface area contributed by atoms with E-state index in [9.17, 15) is 4.79 Å². The Bertz CT molecular complexity index is 120. The molecule has 1 fully saturated rings. The van der Waals surface area contributed by atoms with E-state index in [0.717, 1.165) is 0 Å². The van der Waals surface area contributed by atoms with Crippen LogP contribution in [-0.2, 0) is 4.79 Å². The highest BCUT2D eigenvalue weighted by Crippen LogP contribution is 2.42. The molecule has 1 aliphatic rings. The van der Waals surface area contributed by atoms with E-state index in [1.54, 1.807) is 0 Å². The van der Waals surface area contributed by atoms with Crippen LogP contribution >= 0.6 is 10.6 Å². The van der Waals surface area contributed by atoms with Crippen molar-refractivity contribution in [1.82, 2.24) is 0 Å². The zero-order valence-electron chi connectivity index (χ0n) is 5.04. The molecule has 0 aromatic heterocycles. The summed E-state index contributed by atoms with van der Waals surface area (Å²) in [5.41, 5.74) is 0. The second kappa shape index (κ2) is 2.28. The number of rotatable bonds is 0. The summed E-state index contributed by atoms with van der Waals surface area (Å²) in [5.74, 6) is 0.721. The smallest absolute Gasteiger partial charge is 0.136 e. The van der Waals surface area contributed by atoms with Crippen molar-refractivity contribution in [2.24, 2.45) is 0 Å². The van der Waals surface area contributed by atoms with E-state index in [1.165, 1.54) is 0 Å². The van der Waals surface area contributed by atoms with E-state index in [4.69, 9.17) is 9.11 Å². The van der Waals surface area contributed by atoms with Gasteiger partial charge in [0.15, 0.2) is 0 Å². The Labute approximate surface area is 55.4 Å². The third-order valence-electron chi connectivity index (χ3n) is 1.42. The molecule has 0 aromatic rings. The summed E-state index contributed by atoms with van der Waals surface area (Å²) in [5, 5.41) is 0. The highest BCUT2D eigenvalue weighted by Gasteiger charge is 2.21. The predicted octanol–water partition coefficient (Wildman–Crippen LogP) is 1.10. The van der Waals surface area contributed by atoms with Crippen molar-refractivity contribution in [3.8, 4) is 0 Å². The average Bonchev–Trinajstić information content (AvgIpc) is 1.78. The Hall–Kier alpha value is -0.0600. The molecule has 2 N–H and O–H groups in total. The van der Waals surface area contributed by atoms with E-state index >= 15 is 0 Å². The van der Waals surface area contributed by atoms with Crippen molar-refractivity contribution >= 4 is 16.4 Å². The summed E-state index contributed by atoms with van der Waals surface area (Å²) in [7, 11) is -2.34. The van der Waals surface area contributed by atoms with Crippen molar-refractivity contribution in [2.45, 2.75) is 12.8 Å². The van der Waals surface area contributed by atoms with Gasteiger partial charge in [0.1, 0.15) is 5.78 Å². The number of Topliss-reactive ketones (excluding diaryl/α,β-unsaturated/α-hetero) is 1. The lowest BCUT2D eigenvalue weighted by atomic mass is 10.2. The minimum Gasteiger partial charge on any atom is -0.300 e. The topological polar surface area (TPSA) is 57.5 Å². The lowest BCUT2D eigenvalue weighted by Crippen LogP contribution is -2.19. The standard InChI is InChI=1S/C5H10O3S/c6-5-1-3-9(7,8)4-2-5/h7-8H,1-4H2. The van der Waals surface area contributed by atoms with Crippen LogP contribution in [0.2, 0.25) is 0 Å². The third-order valence-corrected chi connectivity index (χ3v) is 3.13. The predicted molar refractivity (Wildman–Crippen MR) is 36.8 cm³/mol. The maximum atomic E-state index is 10.5. The Balaban J connectivity index is 2.44. The molecule has 0 radical (unpaired) electrons. The van der Waals surface area contributed by atoms with Crippen LogP contribution in [0, 0.1) is 0 Å². The van der Waals surface area contributed by atoms with Crippen LogP contribution < -0.4 is 0 Å². The highest BCUT2D eigenvalue weighted by molar-refractivity contribution is 8.24. The zero-order chi connectivity index (χ0) is 6.91. The van der Waals surface area contributed by atoms with Crippen LogP contribution in [0.5, 0.6) is 0 Å². The van der Waals surface area contributed by atoms with Crippen molar-refractivity contribution in [3.05, 3.63) is 0 Å². The molecule has 0 aromatic carbocycles. The molecular formula is C5H10O3S. The van der Waals surface area contributed by atoms with Gasteiger partial charge in [-0.25, -0.2) is 0 Å². The molecular weight excluding hydrogens is 140 g/mol. The molecule has 0 amide bonds. The summed E-state index contributed by atoms with van der Waals surface area (Å²) in [4.78, 5) is 10.5. The maximum absolute atomic E-state index is 10.5. The van der Waals surface area contributed by atoms with E-state index in [2.05, 4.69) is 0 Å². The largest absolute Gasteiger partial charge is 0.300 e. The van der Waals surface area contributed by atoms with Gasteiger partial charge in [0.2, 0.25) is 0 Å². The van der Waals surface area contributed by atoms with E-state index < -0.39 is 10.6 Å². The van der Waals surface area contributed by atoms with Gasteiger partial charge in [0, 0.05) is 24.3 Å². The van der Waals surface area contributed by atoms with Gasteiger partial charge in [-0.15, -0.1) is 0 Å². The van der Waals surface area contributed by atoms with Crippen LogP contribution in [-0.4, -0.2) is 26.4 Å². The Morgan fingerprint density at radius 2 is 1.67 bits per heavy atom. The number of carbonyl (C=O) groups excluding carboxylic acids is 1. The fourth-order valence-electron chi connectivity index (χ4n) is 0.782. The molecule has 0 bridgehead atoms. The van der Waals surface area contributed by atoms with E-state index in [-0.39, 0.29) is 17.3 Å². The summed E-state index contributed by atoms with van der Waals surface area (Å²) < 4.78 is 18.0. The van der Waals surface area contributed by atoms with Crippen LogP contribution in [0.4, 0.5) is 0 Å². The molecule has 0 unspecified atom stereocenters. The molecule has 1 heterocycles. The molecule has 4 heteroatoms. The normalized spacial score (nSPS) is 29.8. The molecule has 3 nitrogen and oxygen atoms in total. The highest BCUT2D eigenvalue weighted by atomic mass is 32.3. The van der Waals surface area contributed by atoms with Crippen molar-refractivity contribution in [2.75, 3.05) is 11.5 Å². The van der Waals surface area contributed by atoms with Gasteiger partial charge in [0.25, 0.3) is 0 Å². The van der Waals surface area contributed by atoms with Gasteiger partial charge < -0.3 is 0 Å². The minimum atomic E-state index is -2.34. The summed E-state index contributed by atoms with van der Waals surface area (Å²) >= 11 is 0. The monoisotopic (exact) mass is 150 g/mol. The first-order valence-electron chi connectivity index (χ1n) is 2.85. The molecule has 9 heavy (non-hydrogen) atoms. The van der Waals surface area contributed by atoms with Crippen molar-refractivity contribution < 1.29 is 13.9 Å². The van der Waals surface area contributed by atoms with Crippen LogP contribution in [0.15, 0.2) is 0 Å². The molecule has 54 valence electrons. The van der Waals surface area contributed by atoms with Gasteiger partial charge in [-0.3, -0.25) is 13.9 Å². The van der Waals surface area contributed by atoms with Crippen LogP contribution in [0.25, 0.3) is 0 Å². The minimum absolute atomic E-state index is 0.154. The lowest BCUT2D eigenvalue weighted by Gasteiger charge is -2.34. The Kier molecular flexibility index (Phi) is 1.79. The first-order chi connectivity index (χ1) is 4.10. The van der Waals surface area contributed by atoms with Gasteiger partial charge in [-0.2, -0.15) is 10.6 Å². The van der Waals surface area contributed by atoms with Crippen LogP contribution in [0.3, 0.4) is 0 Å². The van der Waals surface area contributed by atoms with Gasteiger partial charge in [-0.1, -0.05) is 0 Å². The SMILES string of the molecule is O=C1CCS(O)(O)CC1. The molecule has 0 saturated carbocycles. The maximum Gasteiger partial charge on any atom is 0.136 e. The average molecular weight is 150 g/mol. The van der Waals surface area contributed by atoms with E-state index in [0.29, 0.717) is 12.8 Å². The zero-order valence-corrected chi connectivity index (χ0v) is 5.86. The molecule has 1 saturated heterocycles. The van der Waals surface area contributed by atoms with Gasteiger partial charge >= 0.3 is 0 Å². The number of hydrogen-bond acceptors (Lipinski definition) is 3. The Morgan fingerprint density at radius 3 is 2.00 bits per heavy atom. The molecule has 1 aliphatic heterocycles. The second-order valence-corrected chi connectivity index (χ2v) is 4.67. The quantitative estimate of drug-likeness (QED) is 0.543. The Morgan fingerprint density at radius 1 is 1.22 bits per heavy atom. The number of ketones is 1. The fraction of sp³-hybridized carbons (Fsp3) is 0.800. The lowest BCUT2D eigenvalue weighted by molar-refractivity contribution is -0.118. The van der Waals surface area contributed by atoms with E-state index in [1.807, 2.05) is 0 Å². The summed E-state index contributed by atoms with van der Waals surface area (Å²) in [6, 6.07) is 0. The van der Waals surface area contributed by atoms with Crippen molar-refractivity contribution in [1.29, 1.82) is 0 Å². The molecule has 0 atom stereocenters. The molecule has 1 rings (SSSR count). The van der Waals surface area contributed by atoms with Crippen LogP contribution in [0.1, 0.15) is 12.8 Å². The van der Waals surface area contributed by atoms with Crippen molar-refractivity contribution in [3.63, 3.8) is 0 Å². The summed E-state index contributed by atoms with van der Waals surface area (Å²) in [6.45, 7) is 0. The number of hydrogen-bond donors (Lipinski definition) is 2. The summed E-state index contributed by atoms with van der Waals surface area (Å²) in [6.07, 6.45) is 0.699. The van der Waals surface area contributed by atoms with Gasteiger partial charge in [0.05, 0.1) is 0 Å². The second-order valence-electron chi connectivity index (χ2n) is 2.25. The van der Waals surface area contributed by atoms with Gasteiger partial charge in [-0.05, 0) is 0 Å². The first-order valence-corrected chi connectivity index (χ1v) is 4.74. The first kappa shape index (κ1) is 7.05. The number of carbonyl (C=O) groups is 1. The third kappa shape index (κ3) is 1.97. The molecule has 0 aliphatic carbocycles. The fourth-order valence-corrected chi connectivity index (χ4v) is 2.09.